The summed E-state index contributed by atoms with van der Waals surface area (Å²) >= 11 is 0. The molecule has 0 saturated heterocycles. The van der Waals surface area contributed by atoms with Crippen molar-refractivity contribution in [2.45, 2.75) is 31.4 Å². The first-order valence-electron chi connectivity index (χ1n) is 4.15. The highest BCUT2D eigenvalue weighted by molar-refractivity contribution is 7.92. The van der Waals surface area contributed by atoms with Crippen molar-refractivity contribution in [1.82, 2.24) is 0 Å². The molecule has 1 saturated carbocycles. The van der Waals surface area contributed by atoms with Crippen molar-refractivity contribution >= 4 is 15.6 Å². The van der Waals surface area contributed by atoms with Crippen LogP contribution in [0.5, 0.6) is 0 Å². The molecule has 4 heteroatoms. The third-order valence-corrected chi connectivity index (χ3v) is 3.92. The van der Waals surface area contributed by atoms with Crippen LogP contribution in [0.4, 0.5) is 0 Å². The molecule has 0 radical (unpaired) electrons. The van der Waals surface area contributed by atoms with Crippen LogP contribution in [-0.4, -0.2) is 25.7 Å². The third-order valence-electron chi connectivity index (χ3n) is 2.42. The van der Waals surface area contributed by atoms with Crippen LogP contribution >= 0.6 is 0 Å². The van der Waals surface area contributed by atoms with E-state index in [9.17, 15) is 13.2 Å². The predicted molar refractivity (Wildman–Crippen MR) is 46.7 cm³/mol. The topological polar surface area (TPSA) is 51.2 Å². The Morgan fingerprint density at radius 3 is 2.33 bits per heavy atom. The van der Waals surface area contributed by atoms with Gasteiger partial charge in [0, 0.05) is 12.2 Å². The van der Waals surface area contributed by atoms with Crippen molar-refractivity contribution in [2.75, 3.05) is 6.26 Å². The Hall–Kier alpha value is -0.380. The first-order valence-corrected chi connectivity index (χ1v) is 6.11. The van der Waals surface area contributed by atoms with Crippen molar-refractivity contribution in [3.8, 4) is 0 Å². The minimum atomic E-state index is -3.16. The van der Waals surface area contributed by atoms with E-state index in [1.54, 1.807) is 6.92 Å². The molecule has 3 nitrogen and oxygen atoms in total. The molecular formula is C8H14O3S. The van der Waals surface area contributed by atoms with E-state index in [4.69, 9.17) is 0 Å². The Kier molecular flexibility index (Phi) is 2.56. The number of ketones is 1. The van der Waals surface area contributed by atoms with Crippen molar-refractivity contribution in [1.29, 1.82) is 0 Å². The van der Waals surface area contributed by atoms with E-state index in [2.05, 4.69) is 0 Å². The van der Waals surface area contributed by atoms with Crippen LogP contribution in [0.1, 0.15) is 26.2 Å². The molecule has 1 aliphatic carbocycles. The number of rotatable bonds is 1. The van der Waals surface area contributed by atoms with Gasteiger partial charge in [0.1, 0.15) is 5.25 Å². The third kappa shape index (κ3) is 1.86. The van der Waals surface area contributed by atoms with E-state index in [0.717, 1.165) is 19.1 Å². The van der Waals surface area contributed by atoms with Crippen LogP contribution in [0.3, 0.4) is 0 Å². The van der Waals surface area contributed by atoms with Crippen LogP contribution in [0.15, 0.2) is 0 Å². The van der Waals surface area contributed by atoms with Gasteiger partial charge in [0.2, 0.25) is 0 Å². The monoisotopic (exact) mass is 190 g/mol. The van der Waals surface area contributed by atoms with Crippen LogP contribution in [0.2, 0.25) is 0 Å². The highest BCUT2D eigenvalue weighted by Gasteiger charge is 2.34. The summed E-state index contributed by atoms with van der Waals surface area (Å²) in [4.78, 5) is 11.4. The van der Waals surface area contributed by atoms with Crippen LogP contribution < -0.4 is 0 Å². The summed E-state index contributed by atoms with van der Waals surface area (Å²) in [6.45, 7) is 1.81. The van der Waals surface area contributed by atoms with Gasteiger partial charge >= 0.3 is 0 Å². The van der Waals surface area contributed by atoms with E-state index in [-0.39, 0.29) is 11.7 Å². The maximum absolute atomic E-state index is 11.4. The molecule has 0 amide bonds. The quantitative estimate of drug-likeness (QED) is 0.614. The molecule has 0 aromatic heterocycles. The van der Waals surface area contributed by atoms with Gasteiger partial charge in [-0.05, 0) is 12.8 Å². The van der Waals surface area contributed by atoms with E-state index in [1.807, 2.05) is 0 Å². The molecule has 0 aromatic carbocycles. The van der Waals surface area contributed by atoms with Crippen LogP contribution in [0, 0.1) is 5.92 Å². The second-order valence-electron chi connectivity index (χ2n) is 3.55. The molecule has 2 unspecified atom stereocenters. The molecule has 0 bridgehead atoms. The van der Waals surface area contributed by atoms with Crippen molar-refractivity contribution in [3.05, 3.63) is 0 Å². The molecule has 1 fully saturated rings. The number of hydrogen-bond acceptors (Lipinski definition) is 3. The fourth-order valence-corrected chi connectivity index (χ4v) is 2.89. The van der Waals surface area contributed by atoms with Crippen LogP contribution in [-0.2, 0) is 14.6 Å². The zero-order valence-corrected chi connectivity index (χ0v) is 8.23. The summed E-state index contributed by atoms with van der Waals surface area (Å²) in [6.07, 6.45) is 3.35. The fourth-order valence-electron chi connectivity index (χ4n) is 1.64. The van der Waals surface area contributed by atoms with Gasteiger partial charge in [-0.25, -0.2) is 8.42 Å². The Bertz CT molecular complexity index is 279. The van der Waals surface area contributed by atoms with Gasteiger partial charge in [0.15, 0.2) is 15.6 Å². The van der Waals surface area contributed by atoms with Gasteiger partial charge in [-0.3, -0.25) is 4.79 Å². The van der Waals surface area contributed by atoms with Crippen molar-refractivity contribution < 1.29 is 13.2 Å². The average Bonchev–Trinajstić information content (AvgIpc) is 1.92. The van der Waals surface area contributed by atoms with Crippen LogP contribution in [0.25, 0.3) is 0 Å². The number of Topliss-reactive ketones (excluding diaryl/α,β-unsaturated/α-hetero) is 1. The molecule has 12 heavy (non-hydrogen) atoms. The summed E-state index contributed by atoms with van der Waals surface area (Å²) in [5.74, 6) is -0.165. The highest BCUT2D eigenvalue weighted by Crippen LogP contribution is 2.24. The van der Waals surface area contributed by atoms with Gasteiger partial charge in [0.05, 0.1) is 0 Å². The number of sulfone groups is 1. The second-order valence-corrected chi connectivity index (χ2v) is 5.78. The van der Waals surface area contributed by atoms with E-state index >= 15 is 0 Å². The molecule has 0 N–H and O–H groups in total. The second kappa shape index (κ2) is 3.17. The highest BCUT2D eigenvalue weighted by atomic mass is 32.2. The average molecular weight is 190 g/mol. The molecule has 0 aromatic rings. The summed E-state index contributed by atoms with van der Waals surface area (Å²) in [5.41, 5.74) is 0. The van der Waals surface area contributed by atoms with Gasteiger partial charge in [0.25, 0.3) is 0 Å². The zero-order chi connectivity index (χ0) is 9.35. The molecule has 70 valence electrons. The first kappa shape index (κ1) is 9.71. The molecule has 1 aliphatic rings. The molecular weight excluding hydrogens is 176 g/mol. The van der Waals surface area contributed by atoms with Gasteiger partial charge in [-0.15, -0.1) is 0 Å². The molecule has 2 atom stereocenters. The normalized spacial score (nSPS) is 32.0. The Morgan fingerprint density at radius 2 is 1.92 bits per heavy atom. The lowest BCUT2D eigenvalue weighted by Crippen LogP contribution is -2.36. The van der Waals surface area contributed by atoms with Crippen molar-refractivity contribution in [2.24, 2.45) is 5.92 Å². The minimum absolute atomic E-state index is 0.0709. The number of carbonyl (C=O) groups excluding carboxylic acids is 1. The fraction of sp³-hybridized carbons (Fsp3) is 0.875. The van der Waals surface area contributed by atoms with E-state index in [0.29, 0.717) is 6.42 Å². The smallest absolute Gasteiger partial charge is 0.157 e. The van der Waals surface area contributed by atoms with E-state index in [1.165, 1.54) is 0 Å². The minimum Gasteiger partial charge on any atom is -0.298 e. The largest absolute Gasteiger partial charge is 0.298 e. The SMILES string of the molecule is CC1CCCC(S(C)(=O)=O)C1=O. The predicted octanol–water partition coefficient (Wildman–Crippen LogP) is 0.789. The summed E-state index contributed by atoms with van der Waals surface area (Å²) in [7, 11) is -3.16. The lowest BCUT2D eigenvalue weighted by atomic mass is 9.89. The lowest BCUT2D eigenvalue weighted by molar-refractivity contribution is -0.123. The van der Waals surface area contributed by atoms with Gasteiger partial charge < -0.3 is 0 Å². The molecule has 0 heterocycles. The number of hydrogen-bond donors (Lipinski definition) is 0. The summed E-state index contributed by atoms with van der Waals surface area (Å²) in [5, 5.41) is -0.721. The van der Waals surface area contributed by atoms with Crippen molar-refractivity contribution in [3.63, 3.8) is 0 Å². The van der Waals surface area contributed by atoms with E-state index < -0.39 is 15.1 Å². The standard InChI is InChI=1S/C8H14O3S/c1-6-4-3-5-7(8(6)9)12(2,10)11/h6-7H,3-5H2,1-2H3. The Morgan fingerprint density at radius 1 is 1.33 bits per heavy atom. The maximum Gasteiger partial charge on any atom is 0.157 e. The summed E-state index contributed by atoms with van der Waals surface area (Å²) in [6, 6.07) is 0. The Balaban J connectivity index is 2.85. The maximum atomic E-state index is 11.4. The first-order chi connectivity index (χ1) is 5.43. The van der Waals surface area contributed by atoms with Gasteiger partial charge in [-0.2, -0.15) is 0 Å². The molecule has 0 spiro atoms. The number of carbonyl (C=O) groups is 1. The Labute approximate surface area is 73.1 Å². The molecule has 1 rings (SSSR count). The molecule has 0 aliphatic heterocycles. The van der Waals surface area contributed by atoms with Gasteiger partial charge in [-0.1, -0.05) is 13.3 Å². The lowest BCUT2D eigenvalue weighted by Gasteiger charge is -2.23. The zero-order valence-electron chi connectivity index (χ0n) is 7.41. The summed E-state index contributed by atoms with van der Waals surface area (Å²) < 4.78 is 22.2.